The molecule has 18 heavy (non-hydrogen) atoms. The number of hydrogen-bond donors (Lipinski definition) is 2. The van der Waals surface area contributed by atoms with Gasteiger partial charge in [0.15, 0.2) is 0 Å². The van der Waals surface area contributed by atoms with Crippen LogP contribution in [-0.2, 0) is 9.59 Å². The lowest BCUT2D eigenvalue weighted by atomic mass is 10.4. The minimum atomic E-state index is -0.935. The van der Waals surface area contributed by atoms with E-state index in [1.165, 1.54) is 13.8 Å². The molecule has 0 aromatic heterocycles. The van der Waals surface area contributed by atoms with E-state index in [0.29, 0.717) is 0 Å². The van der Waals surface area contributed by atoms with Crippen molar-refractivity contribution in [3.8, 4) is 0 Å². The Balaban J connectivity index is -0.0000000770. The highest BCUT2D eigenvalue weighted by atomic mass is 16.4. The molecule has 0 aliphatic heterocycles. The third-order valence-corrected chi connectivity index (χ3v) is 0.730. The van der Waals surface area contributed by atoms with Crippen molar-refractivity contribution in [2.45, 2.75) is 27.7 Å². The fraction of sp³-hybridized carbons (Fsp3) is 0.286. The van der Waals surface area contributed by atoms with E-state index in [1.54, 1.807) is 12.2 Å². The molecule has 0 spiro atoms. The molecule has 0 rings (SSSR count). The molecule has 0 aliphatic carbocycles. The summed E-state index contributed by atoms with van der Waals surface area (Å²) in [5, 5.41) is 15.8. The first-order chi connectivity index (χ1) is 8.11. The van der Waals surface area contributed by atoms with E-state index in [-0.39, 0.29) is 11.1 Å². The second kappa shape index (κ2) is 20.3. The molecule has 2 N–H and O–H groups in total. The van der Waals surface area contributed by atoms with Crippen molar-refractivity contribution in [3.63, 3.8) is 0 Å². The quantitative estimate of drug-likeness (QED) is 0.583. The molecular formula is C14H24O4. The number of carboxylic acid groups (broad SMARTS) is 2. The zero-order valence-corrected chi connectivity index (χ0v) is 11.7. The van der Waals surface area contributed by atoms with Crippen LogP contribution in [0.25, 0.3) is 0 Å². The van der Waals surface area contributed by atoms with Gasteiger partial charge in [-0.2, -0.15) is 0 Å². The molecule has 4 heteroatoms. The van der Waals surface area contributed by atoms with Gasteiger partial charge >= 0.3 is 11.9 Å². The molecule has 0 radical (unpaired) electrons. The first kappa shape index (κ1) is 24.9. The summed E-state index contributed by atoms with van der Waals surface area (Å²) in [5.74, 6) is -1.87. The zero-order chi connectivity index (χ0) is 15.7. The first-order valence-corrected chi connectivity index (χ1v) is 5.03. The molecule has 0 unspecified atom stereocenters. The Bertz CT molecular complexity index is 234. The number of hydrogen-bond acceptors (Lipinski definition) is 2. The van der Waals surface area contributed by atoms with Gasteiger partial charge in [0.1, 0.15) is 0 Å². The lowest BCUT2D eigenvalue weighted by molar-refractivity contribution is -0.133. The van der Waals surface area contributed by atoms with Crippen LogP contribution in [-0.4, -0.2) is 22.2 Å². The summed E-state index contributed by atoms with van der Waals surface area (Å²) in [7, 11) is 0. The van der Waals surface area contributed by atoms with Crippen molar-refractivity contribution in [3.05, 3.63) is 49.6 Å². The third kappa shape index (κ3) is 66.4. The monoisotopic (exact) mass is 256 g/mol. The van der Waals surface area contributed by atoms with E-state index in [9.17, 15) is 9.59 Å². The lowest BCUT2D eigenvalue weighted by Gasteiger charge is -1.79. The van der Waals surface area contributed by atoms with E-state index in [2.05, 4.69) is 26.3 Å². The van der Waals surface area contributed by atoms with Crippen molar-refractivity contribution in [1.29, 1.82) is 0 Å². The highest BCUT2D eigenvalue weighted by molar-refractivity contribution is 5.85. The Morgan fingerprint density at radius 1 is 0.833 bits per heavy atom. The molecule has 0 aliphatic rings. The lowest BCUT2D eigenvalue weighted by Crippen LogP contribution is -1.92. The van der Waals surface area contributed by atoms with Gasteiger partial charge in [-0.3, -0.25) is 0 Å². The molecule has 0 bridgehead atoms. The number of carbonyl (C=O) groups is 2. The molecule has 104 valence electrons. The van der Waals surface area contributed by atoms with Gasteiger partial charge < -0.3 is 10.2 Å². The summed E-state index contributed by atoms with van der Waals surface area (Å²) >= 11 is 0. The second-order valence-corrected chi connectivity index (χ2v) is 2.99. The normalized spacial score (nSPS) is 6.44. The largest absolute Gasteiger partial charge is 0.478 e. The Hall–Kier alpha value is -2.10. The summed E-state index contributed by atoms with van der Waals surface area (Å²) < 4.78 is 0. The fourth-order valence-electron chi connectivity index (χ4n) is 0. The maximum absolute atomic E-state index is 9.60. The summed E-state index contributed by atoms with van der Waals surface area (Å²) in [5.41, 5.74) is 0.352. The van der Waals surface area contributed by atoms with Crippen LogP contribution in [0.4, 0.5) is 0 Å². The van der Waals surface area contributed by atoms with E-state index in [4.69, 9.17) is 10.2 Å². The molecule has 0 aromatic carbocycles. The van der Waals surface area contributed by atoms with Crippen LogP contribution in [0.5, 0.6) is 0 Å². The van der Waals surface area contributed by atoms with Crippen LogP contribution >= 0.6 is 0 Å². The predicted octanol–water partition coefficient (Wildman–Crippen LogP) is 3.68. The SMILES string of the molecule is C=C(C)C(=O)O.C=C(C)C(=O)O.C=CC.C=CC. The molecule has 0 atom stereocenters. The van der Waals surface area contributed by atoms with Crippen molar-refractivity contribution in [2.24, 2.45) is 0 Å². The van der Waals surface area contributed by atoms with Gasteiger partial charge in [0.05, 0.1) is 0 Å². The van der Waals surface area contributed by atoms with E-state index < -0.39 is 11.9 Å². The van der Waals surface area contributed by atoms with Crippen molar-refractivity contribution in [2.75, 3.05) is 0 Å². The molecule has 0 saturated carbocycles. The number of rotatable bonds is 2. The minimum Gasteiger partial charge on any atom is -0.478 e. The van der Waals surface area contributed by atoms with Gasteiger partial charge in [0, 0.05) is 11.1 Å². The molecule has 0 heterocycles. The van der Waals surface area contributed by atoms with Gasteiger partial charge in [-0.05, 0) is 27.7 Å². The van der Waals surface area contributed by atoms with Crippen LogP contribution in [0.2, 0.25) is 0 Å². The summed E-state index contributed by atoms with van der Waals surface area (Å²) in [6.45, 7) is 19.7. The Labute approximate surface area is 110 Å². The third-order valence-electron chi connectivity index (χ3n) is 0.730. The zero-order valence-electron chi connectivity index (χ0n) is 11.7. The maximum Gasteiger partial charge on any atom is 0.330 e. The smallest absolute Gasteiger partial charge is 0.330 e. The van der Waals surface area contributed by atoms with Crippen molar-refractivity contribution >= 4 is 11.9 Å². The van der Waals surface area contributed by atoms with E-state index >= 15 is 0 Å². The van der Waals surface area contributed by atoms with E-state index in [1.807, 2.05) is 13.8 Å². The maximum atomic E-state index is 9.60. The van der Waals surface area contributed by atoms with E-state index in [0.717, 1.165) is 0 Å². The van der Waals surface area contributed by atoms with Crippen LogP contribution < -0.4 is 0 Å². The minimum absolute atomic E-state index is 0.176. The van der Waals surface area contributed by atoms with Crippen LogP contribution in [0.15, 0.2) is 49.6 Å². The topological polar surface area (TPSA) is 74.6 Å². The standard InChI is InChI=1S/2C4H6O2.2C3H6/c2*1-3(2)4(5)6;2*1-3-2/h2*1H2,2H3,(H,5,6);2*3H,1H2,2H3. The van der Waals surface area contributed by atoms with Gasteiger partial charge in [-0.1, -0.05) is 25.3 Å². The molecule has 0 amide bonds. The highest BCUT2D eigenvalue weighted by Crippen LogP contribution is 1.81. The Kier molecular flexibility index (Phi) is 28.2. The molecular weight excluding hydrogens is 232 g/mol. The Morgan fingerprint density at radius 3 is 0.889 bits per heavy atom. The molecule has 0 aromatic rings. The molecule has 0 fully saturated rings. The van der Waals surface area contributed by atoms with Crippen LogP contribution in [0.3, 0.4) is 0 Å². The van der Waals surface area contributed by atoms with Crippen LogP contribution in [0.1, 0.15) is 27.7 Å². The van der Waals surface area contributed by atoms with Crippen LogP contribution in [0, 0.1) is 0 Å². The van der Waals surface area contributed by atoms with Gasteiger partial charge in [0.2, 0.25) is 0 Å². The average molecular weight is 256 g/mol. The number of carboxylic acids is 2. The van der Waals surface area contributed by atoms with Crippen molar-refractivity contribution in [1.82, 2.24) is 0 Å². The summed E-state index contributed by atoms with van der Waals surface area (Å²) in [6.07, 6.45) is 3.50. The van der Waals surface area contributed by atoms with Gasteiger partial charge in [0.25, 0.3) is 0 Å². The van der Waals surface area contributed by atoms with Gasteiger partial charge in [-0.25, -0.2) is 9.59 Å². The molecule has 0 saturated heterocycles. The summed E-state index contributed by atoms with van der Waals surface area (Å²) in [6, 6.07) is 0. The molecule has 4 nitrogen and oxygen atoms in total. The number of aliphatic carboxylic acids is 2. The highest BCUT2D eigenvalue weighted by Gasteiger charge is 1.90. The predicted molar refractivity (Wildman–Crippen MR) is 76.6 cm³/mol. The second-order valence-electron chi connectivity index (χ2n) is 2.99. The average Bonchev–Trinajstić information content (AvgIpc) is 2.20. The Morgan fingerprint density at radius 2 is 0.889 bits per heavy atom. The van der Waals surface area contributed by atoms with Crippen molar-refractivity contribution < 1.29 is 19.8 Å². The first-order valence-electron chi connectivity index (χ1n) is 5.03. The van der Waals surface area contributed by atoms with Gasteiger partial charge in [-0.15, -0.1) is 13.2 Å². The number of allylic oxidation sites excluding steroid dienone is 2. The fourth-order valence-corrected chi connectivity index (χ4v) is 0. The summed E-state index contributed by atoms with van der Waals surface area (Å²) in [4.78, 5) is 19.2.